The predicted molar refractivity (Wildman–Crippen MR) is 75.9 cm³/mol. The van der Waals surface area contributed by atoms with Gasteiger partial charge in [-0.15, -0.1) is 22.7 Å². The van der Waals surface area contributed by atoms with Crippen molar-refractivity contribution < 1.29 is 13.5 Å². The van der Waals surface area contributed by atoms with Crippen molar-refractivity contribution in [2.24, 2.45) is 0 Å². The van der Waals surface area contributed by atoms with Crippen molar-refractivity contribution in [1.82, 2.24) is 9.71 Å². The van der Waals surface area contributed by atoms with E-state index in [0.717, 1.165) is 10.6 Å². The van der Waals surface area contributed by atoms with Crippen molar-refractivity contribution in [3.63, 3.8) is 0 Å². The summed E-state index contributed by atoms with van der Waals surface area (Å²) in [7, 11) is -3.54. The molecule has 0 amide bonds. The summed E-state index contributed by atoms with van der Waals surface area (Å²) in [6, 6.07) is 1.52. The summed E-state index contributed by atoms with van der Waals surface area (Å²) in [6.07, 6.45) is 0. The Morgan fingerprint density at radius 2 is 2.16 bits per heavy atom. The fourth-order valence-corrected chi connectivity index (χ4v) is 4.90. The first-order valence-corrected chi connectivity index (χ1v) is 8.71. The molecule has 2 rings (SSSR count). The minimum Gasteiger partial charge on any atom is -0.391 e. The number of rotatable bonds is 5. The molecule has 5 nitrogen and oxygen atoms in total. The lowest BCUT2D eigenvalue weighted by Gasteiger charge is -2.05. The quantitative estimate of drug-likeness (QED) is 0.881. The van der Waals surface area contributed by atoms with E-state index < -0.39 is 10.0 Å². The van der Waals surface area contributed by atoms with Crippen LogP contribution >= 0.6 is 22.7 Å². The highest BCUT2D eigenvalue weighted by Gasteiger charge is 2.20. The van der Waals surface area contributed by atoms with Crippen LogP contribution in [0.1, 0.15) is 20.3 Å². The molecule has 0 aromatic carbocycles. The normalized spacial score (nSPS) is 11.9. The molecule has 2 heterocycles. The number of nitrogens with zero attached hydrogens (tertiary/aromatic N) is 1. The van der Waals surface area contributed by atoms with E-state index in [0.29, 0.717) is 9.75 Å². The van der Waals surface area contributed by atoms with Gasteiger partial charge in [0.15, 0.2) is 0 Å². The molecular weight excluding hydrogens is 304 g/mol. The number of aliphatic hydroxyl groups is 1. The van der Waals surface area contributed by atoms with Gasteiger partial charge < -0.3 is 5.11 Å². The third-order valence-corrected chi connectivity index (χ3v) is 6.26. The Kier molecular flexibility index (Phi) is 4.36. The average molecular weight is 318 g/mol. The molecule has 0 aliphatic rings. The summed E-state index contributed by atoms with van der Waals surface area (Å²) in [5.41, 5.74) is 2.53. The second kappa shape index (κ2) is 5.68. The molecule has 0 saturated heterocycles. The largest absolute Gasteiger partial charge is 0.391 e. The van der Waals surface area contributed by atoms with Crippen molar-refractivity contribution in [1.29, 1.82) is 0 Å². The number of aromatic nitrogens is 1. The van der Waals surface area contributed by atoms with Crippen molar-refractivity contribution in [3.05, 3.63) is 31.9 Å². The first-order valence-electron chi connectivity index (χ1n) is 5.53. The van der Waals surface area contributed by atoms with Gasteiger partial charge in [0.2, 0.25) is 10.0 Å². The predicted octanol–water partition coefficient (Wildman–Crippen LogP) is 1.79. The molecule has 0 spiro atoms. The number of thiazole rings is 1. The smallest absolute Gasteiger partial charge is 0.242 e. The zero-order chi connectivity index (χ0) is 14.0. The third kappa shape index (κ3) is 3.21. The van der Waals surface area contributed by atoms with Gasteiger partial charge in [0.05, 0.1) is 22.7 Å². The van der Waals surface area contributed by atoms with Crippen LogP contribution in [0, 0.1) is 13.8 Å². The third-order valence-electron chi connectivity index (χ3n) is 2.64. The number of hydrogen-bond acceptors (Lipinski definition) is 6. The minimum absolute atomic E-state index is 0.144. The van der Waals surface area contributed by atoms with E-state index in [1.54, 1.807) is 12.4 Å². The van der Waals surface area contributed by atoms with Gasteiger partial charge >= 0.3 is 0 Å². The molecule has 0 fully saturated rings. The first kappa shape index (κ1) is 14.6. The van der Waals surface area contributed by atoms with Crippen LogP contribution in [0.5, 0.6) is 0 Å². The Bertz CT molecular complexity index is 673. The van der Waals surface area contributed by atoms with Gasteiger partial charge in [-0.05, 0) is 19.9 Å². The number of hydrogen-bond donors (Lipinski definition) is 2. The van der Waals surface area contributed by atoms with Gasteiger partial charge in [-0.1, -0.05) is 0 Å². The summed E-state index contributed by atoms with van der Waals surface area (Å²) >= 11 is 2.71. The van der Waals surface area contributed by atoms with Gasteiger partial charge in [-0.3, -0.25) is 0 Å². The molecule has 19 heavy (non-hydrogen) atoms. The summed E-state index contributed by atoms with van der Waals surface area (Å²) < 4.78 is 26.9. The van der Waals surface area contributed by atoms with Crippen LogP contribution in [0.4, 0.5) is 0 Å². The minimum atomic E-state index is -3.54. The van der Waals surface area contributed by atoms with E-state index in [9.17, 15) is 8.42 Å². The van der Waals surface area contributed by atoms with Gasteiger partial charge in [0.25, 0.3) is 0 Å². The Hall–Kier alpha value is -0.800. The summed E-state index contributed by atoms with van der Waals surface area (Å²) in [4.78, 5) is 6.54. The monoisotopic (exact) mass is 318 g/mol. The van der Waals surface area contributed by atoms with E-state index in [4.69, 9.17) is 5.11 Å². The van der Waals surface area contributed by atoms with Gasteiger partial charge in [-0.25, -0.2) is 18.1 Å². The highest BCUT2D eigenvalue weighted by Crippen LogP contribution is 2.26. The maximum absolute atomic E-state index is 12.2. The first-order chi connectivity index (χ1) is 8.94. The molecule has 0 unspecified atom stereocenters. The second-order valence-electron chi connectivity index (χ2n) is 3.98. The lowest BCUT2D eigenvalue weighted by molar-refractivity contribution is 0.285. The van der Waals surface area contributed by atoms with Crippen LogP contribution in [0.15, 0.2) is 16.5 Å². The number of thiophene rings is 1. The molecule has 2 aromatic heterocycles. The molecule has 104 valence electrons. The molecule has 2 N–H and O–H groups in total. The topological polar surface area (TPSA) is 79.3 Å². The second-order valence-corrected chi connectivity index (χ2v) is 7.99. The van der Waals surface area contributed by atoms with Gasteiger partial charge in [0.1, 0.15) is 0 Å². The highest BCUT2D eigenvalue weighted by atomic mass is 32.2. The van der Waals surface area contributed by atoms with Gasteiger partial charge in [0, 0.05) is 21.2 Å². The van der Waals surface area contributed by atoms with Crippen LogP contribution in [-0.2, 0) is 23.2 Å². The fourth-order valence-electron chi connectivity index (χ4n) is 1.60. The Labute approximate surface area is 120 Å². The van der Waals surface area contributed by atoms with Crippen LogP contribution in [-0.4, -0.2) is 18.5 Å². The summed E-state index contributed by atoms with van der Waals surface area (Å²) in [6.45, 7) is 3.67. The van der Waals surface area contributed by atoms with Crippen LogP contribution in [0.2, 0.25) is 0 Å². The van der Waals surface area contributed by atoms with Crippen molar-refractivity contribution in [2.75, 3.05) is 0 Å². The molecule has 8 heteroatoms. The number of sulfonamides is 1. The maximum atomic E-state index is 12.2. The Balaban J connectivity index is 2.18. The molecule has 0 aliphatic carbocycles. The Morgan fingerprint density at radius 1 is 1.42 bits per heavy atom. The van der Waals surface area contributed by atoms with E-state index in [1.807, 2.05) is 6.92 Å². The standard InChI is InChI=1S/C11H14N2O3S3/c1-7-10(17-6-12-7)4-13-19(15,16)11-3-9(5-14)18-8(11)2/h3,6,13-14H,4-5H2,1-2H3. The fraction of sp³-hybridized carbons (Fsp3) is 0.364. The molecule has 0 bridgehead atoms. The SMILES string of the molecule is Cc1ncsc1CNS(=O)(=O)c1cc(CO)sc1C. The van der Waals surface area contributed by atoms with E-state index in [2.05, 4.69) is 9.71 Å². The van der Waals surface area contributed by atoms with Crippen molar-refractivity contribution in [2.45, 2.75) is 31.9 Å². The highest BCUT2D eigenvalue weighted by molar-refractivity contribution is 7.89. The zero-order valence-electron chi connectivity index (χ0n) is 10.5. The zero-order valence-corrected chi connectivity index (χ0v) is 13.0. The molecule has 2 aromatic rings. The maximum Gasteiger partial charge on any atom is 0.242 e. The average Bonchev–Trinajstić information content (AvgIpc) is 2.93. The Morgan fingerprint density at radius 3 is 2.68 bits per heavy atom. The summed E-state index contributed by atoms with van der Waals surface area (Å²) in [5.74, 6) is 0. The molecular formula is C11H14N2O3S3. The molecule has 0 aliphatic heterocycles. The lowest BCUT2D eigenvalue weighted by atomic mass is 10.4. The van der Waals surface area contributed by atoms with Crippen LogP contribution in [0.25, 0.3) is 0 Å². The number of aryl methyl sites for hydroxylation is 2. The van der Waals surface area contributed by atoms with Gasteiger partial charge in [-0.2, -0.15) is 0 Å². The lowest BCUT2D eigenvalue weighted by Crippen LogP contribution is -2.23. The van der Waals surface area contributed by atoms with E-state index >= 15 is 0 Å². The van der Waals surface area contributed by atoms with E-state index in [-0.39, 0.29) is 18.0 Å². The number of nitrogens with one attached hydrogen (secondary N) is 1. The van der Waals surface area contributed by atoms with Crippen molar-refractivity contribution in [3.8, 4) is 0 Å². The van der Waals surface area contributed by atoms with Crippen molar-refractivity contribution >= 4 is 32.7 Å². The summed E-state index contributed by atoms with van der Waals surface area (Å²) in [5, 5.41) is 9.05. The molecule has 0 atom stereocenters. The van der Waals surface area contributed by atoms with Crippen LogP contribution in [0.3, 0.4) is 0 Å². The van der Waals surface area contributed by atoms with Crippen LogP contribution < -0.4 is 4.72 Å². The number of aliphatic hydroxyl groups excluding tert-OH is 1. The molecule has 0 saturated carbocycles. The van der Waals surface area contributed by atoms with E-state index in [1.165, 1.54) is 28.7 Å². The molecule has 0 radical (unpaired) electrons.